The van der Waals surface area contributed by atoms with E-state index in [1.165, 1.54) is 6.07 Å². The molecule has 1 atom stereocenters. The van der Waals surface area contributed by atoms with Gasteiger partial charge in [0.05, 0.1) is 18.1 Å². The minimum absolute atomic E-state index is 0.218. The molecule has 1 aliphatic rings. The highest BCUT2D eigenvalue weighted by Crippen LogP contribution is 2.35. The first-order valence-corrected chi connectivity index (χ1v) is 8.71. The number of nitrogens with one attached hydrogen (secondary N) is 1. The fraction of sp³-hybridized carbons (Fsp3) is 0.300. The number of hydrogen-bond acceptors (Lipinski definition) is 4. The maximum atomic E-state index is 13.1. The SMILES string of the molecule is CN(CCC#N)c1ccc([C@@H]2Nc3ccccc3C(=O)N2CC(F)(F)F)cc1. The number of anilines is 2. The zero-order valence-corrected chi connectivity index (χ0v) is 15.2. The van der Waals surface area contributed by atoms with Crippen molar-refractivity contribution >= 4 is 17.3 Å². The molecular formula is C20H19F3N4O. The highest BCUT2D eigenvalue weighted by atomic mass is 19.4. The Kier molecular flexibility index (Phi) is 5.45. The molecule has 28 heavy (non-hydrogen) atoms. The number of carbonyl (C=O) groups excluding carboxylic acids is 1. The van der Waals surface area contributed by atoms with Crippen LogP contribution < -0.4 is 10.2 Å². The standard InChI is InChI=1S/C20H19F3N4O/c1-26(12-4-11-24)15-9-7-14(8-10-15)18-25-17-6-3-2-5-16(17)19(28)27(18)13-20(21,22)23/h2-3,5-10,18,25H,4,12-13H2,1H3/t18-/m1/s1. The van der Waals surface area contributed by atoms with E-state index in [1.807, 2.05) is 11.9 Å². The van der Waals surface area contributed by atoms with E-state index in [2.05, 4.69) is 11.4 Å². The Balaban J connectivity index is 1.91. The maximum Gasteiger partial charge on any atom is 0.406 e. The van der Waals surface area contributed by atoms with Crippen LogP contribution in [0.1, 0.15) is 28.5 Å². The van der Waals surface area contributed by atoms with Crippen LogP contribution in [0.5, 0.6) is 0 Å². The van der Waals surface area contributed by atoms with Crippen LogP contribution in [0.15, 0.2) is 48.5 Å². The zero-order chi connectivity index (χ0) is 20.3. The predicted octanol–water partition coefficient (Wildman–Crippen LogP) is 4.17. The molecule has 1 heterocycles. The zero-order valence-electron chi connectivity index (χ0n) is 15.2. The van der Waals surface area contributed by atoms with E-state index in [0.29, 0.717) is 24.2 Å². The van der Waals surface area contributed by atoms with Gasteiger partial charge in [-0.3, -0.25) is 4.79 Å². The molecule has 0 saturated heterocycles. The first-order chi connectivity index (χ1) is 13.3. The number of fused-ring (bicyclic) bond motifs is 1. The quantitative estimate of drug-likeness (QED) is 0.835. The molecule has 8 heteroatoms. The van der Waals surface area contributed by atoms with E-state index in [-0.39, 0.29) is 5.56 Å². The molecular weight excluding hydrogens is 369 g/mol. The molecule has 3 rings (SSSR count). The Morgan fingerprint density at radius 1 is 1.18 bits per heavy atom. The van der Waals surface area contributed by atoms with E-state index in [1.54, 1.807) is 42.5 Å². The minimum atomic E-state index is -4.51. The summed E-state index contributed by atoms with van der Waals surface area (Å²) in [6, 6.07) is 15.5. The lowest BCUT2D eigenvalue weighted by Crippen LogP contribution is -2.47. The number of benzene rings is 2. The van der Waals surface area contributed by atoms with Crippen molar-refractivity contribution in [2.24, 2.45) is 0 Å². The molecule has 0 fully saturated rings. The minimum Gasteiger partial charge on any atom is -0.374 e. The molecule has 0 saturated carbocycles. The van der Waals surface area contributed by atoms with Crippen LogP contribution in [-0.2, 0) is 0 Å². The molecule has 0 unspecified atom stereocenters. The fourth-order valence-corrected chi connectivity index (χ4v) is 3.17. The maximum absolute atomic E-state index is 13.1. The third-order valence-electron chi connectivity index (χ3n) is 4.58. The summed E-state index contributed by atoms with van der Waals surface area (Å²) in [5.74, 6) is -0.660. The Labute approximate surface area is 161 Å². The molecule has 1 aliphatic heterocycles. The Morgan fingerprint density at radius 2 is 1.86 bits per heavy atom. The summed E-state index contributed by atoms with van der Waals surface area (Å²) in [4.78, 5) is 15.4. The Morgan fingerprint density at radius 3 is 2.50 bits per heavy atom. The van der Waals surface area contributed by atoms with Crippen LogP contribution in [0.25, 0.3) is 0 Å². The largest absolute Gasteiger partial charge is 0.406 e. The van der Waals surface area contributed by atoms with Crippen LogP contribution in [0, 0.1) is 11.3 Å². The van der Waals surface area contributed by atoms with E-state index in [9.17, 15) is 18.0 Å². The van der Waals surface area contributed by atoms with Gasteiger partial charge in [0.15, 0.2) is 0 Å². The van der Waals surface area contributed by atoms with Crippen molar-refractivity contribution < 1.29 is 18.0 Å². The topological polar surface area (TPSA) is 59.4 Å². The summed E-state index contributed by atoms with van der Waals surface area (Å²) in [6.45, 7) is -0.800. The molecule has 5 nitrogen and oxygen atoms in total. The first kappa shape index (κ1) is 19.5. The van der Waals surface area contributed by atoms with Gasteiger partial charge < -0.3 is 15.1 Å². The van der Waals surface area contributed by atoms with Crippen LogP contribution in [-0.4, -0.2) is 37.1 Å². The third kappa shape index (κ3) is 4.19. The summed E-state index contributed by atoms with van der Waals surface area (Å²) in [5, 5.41) is 11.7. The highest BCUT2D eigenvalue weighted by molar-refractivity contribution is 6.01. The summed E-state index contributed by atoms with van der Waals surface area (Å²) in [6.07, 6.45) is -5.07. The molecule has 1 amide bonds. The average molecular weight is 388 g/mol. The van der Waals surface area contributed by atoms with Gasteiger partial charge >= 0.3 is 6.18 Å². The molecule has 2 aromatic carbocycles. The van der Waals surface area contributed by atoms with E-state index >= 15 is 0 Å². The van der Waals surface area contributed by atoms with Gasteiger partial charge in [0.25, 0.3) is 5.91 Å². The number of rotatable bonds is 5. The number of amides is 1. The lowest BCUT2D eigenvalue weighted by Gasteiger charge is -2.38. The predicted molar refractivity (Wildman–Crippen MR) is 99.8 cm³/mol. The fourth-order valence-electron chi connectivity index (χ4n) is 3.17. The molecule has 0 aliphatic carbocycles. The van der Waals surface area contributed by atoms with Gasteiger partial charge in [0, 0.05) is 25.0 Å². The van der Waals surface area contributed by atoms with E-state index < -0.39 is 24.8 Å². The number of para-hydroxylation sites is 1. The molecule has 0 bridgehead atoms. The van der Waals surface area contributed by atoms with Gasteiger partial charge in [0.2, 0.25) is 0 Å². The second kappa shape index (κ2) is 7.80. The molecule has 2 aromatic rings. The Bertz CT molecular complexity index is 890. The summed E-state index contributed by atoms with van der Waals surface area (Å²) in [5.41, 5.74) is 2.11. The summed E-state index contributed by atoms with van der Waals surface area (Å²) < 4.78 is 39.3. The first-order valence-electron chi connectivity index (χ1n) is 8.71. The van der Waals surface area contributed by atoms with Gasteiger partial charge in [0.1, 0.15) is 12.7 Å². The third-order valence-corrected chi connectivity index (χ3v) is 4.58. The van der Waals surface area contributed by atoms with Crippen molar-refractivity contribution in [1.29, 1.82) is 5.26 Å². The molecule has 0 radical (unpaired) electrons. The van der Waals surface area contributed by atoms with E-state index in [0.717, 1.165) is 10.6 Å². The molecule has 146 valence electrons. The smallest absolute Gasteiger partial charge is 0.374 e. The molecule has 0 spiro atoms. The van der Waals surface area contributed by atoms with Crippen molar-refractivity contribution in [3.63, 3.8) is 0 Å². The number of nitriles is 1. The molecule has 1 N–H and O–H groups in total. The monoisotopic (exact) mass is 388 g/mol. The number of alkyl halides is 3. The van der Waals surface area contributed by atoms with Crippen molar-refractivity contribution in [3.05, 3.63) is 59.7 Å². The normalized spacial score (nSPS) is 16.2. The van der Waals surface area contributed by atoms with Crippen molar-refractivity contribution in [2.45, 2.75) is 18.8 Å². The van der Waals surface area contributed by atoms with Crippen LogP contribution in [0.4, 0.5) is 24.5 Å². The second-order valence-electron chi connectivity index (χ2n) is 6.56. The van der Waals surface area contributed by atoms with Gasteiger partial charge in [-0.15, -0.1) is 0 Å². The average Bonchev–Trinajstić information content (AvgIpc) is 2.67. The second-order valence-corrected chi connectivity index (χ2v) is 6.56. The number of hydrogen-bond donors (Lipinski definition) is 1. The van der Waals surface area contributed by atoms with Gasteiger partial charge in [-0.25, -0.2) is 0 Å². The van der Waals surface area contributed by atoms with Crippen LogP contribution in [0.3, 0.4) is 0 Å². The number of carbonyl (C=O) groups is 1. The van der Waals surface area contributed by atoms with Gasteiger partial charge in [-0.2, -0.15) is 18.4 Å². The van der Waals surface area contributed by atoms with Gasteiger partial charge in [-0.1, -0.05) is 24.3 Å². The van der Waals surface area contributed by atoms with Crippen molar-refractivity contribution in [2.75, 3.05) is 30.4 Å². The molecule has 0 aromatic heterocycles. The van der Waals surface area contributed by atoms with Crippen LogP contribution in [0.2, 0.25) is 0 Å². The van der Waals surface area contributed by atoms with Crippen molar-refractivity contribution in [3.8, 4) is 6.07 Å². The van der Waals surface area contributed by atoms with Gasteiger partial charge in [-0.05, 0) is 29.8 Å². The number of nitrogens with zero attached hydrogens (tertiary/aromatic N) is 3. The number of halogens is 3. The summed E-state index contributed by atoms with van der Waals surface area (Å²) >= 11 is 0. The van der Waals surface area contributed by atoms with Crippen LogP contribution >= 0.6 is 0 Å². The Hall–Kier alpha value is -3.21. The van der Waals surface area contributed by atoms with E-state index in [4.69, 9.17) is 5.26 Å². The summed E-state index contributed by atoms with van der Waals surface area (Å²) in [7, 11) is 1.83. The van der Waals surface area contributed by atoms with Crippen molar-refractivity contribution in [1.82, 2.24) is 4.90 Å². The lowest BCUT2D eigenvalue weighted by molar-refractivity contribution is -0.144. The lowest BCUT2D eigenvalue weighted by atomic mass is 10.0. The highest BCUT2D eigenvalue weighted by Gasteiger charge is 2.40.